The quantitative estimate of drug-likeness (QED) is 0.439. The van der Waals surface area contributed by atoms with Gasteiger partial charge in [0.15, 0.2) is 11.4 Å². The van der Waals surface area contributed by atoms with Crippen LogP contribution in [0.15, 0.2) is 53.1 Å². The van der Waals surface area contributed by atoms with Crippen LogP contribution < -0.4 is 5.32 Å². The van der Waals surface area contributed by atoms with Gasteiger partial charge in [0.25, 0.3) is 5.91 Å². The molecule has 1 unspecified atom stereocenters. The van der Waals surface area contributed by atoms with Crippen molar-refractivity contribution in [2.24, 2.45) is 7.05 Å². The number of amides is 1. The summed E-state index contributed by atoms with van der Waals surface area (Å²) in [5, 5.41) is 8.42. The first-order chi connectivity index (χ1) is 15.4. The summed E-state index contributed by atoms with van der Waals surface area (Å²) in [5.41, 5.74) is 2.69. The second-order valence-electron chi connectivity index (χ2n) is 7.27. The number of methoxy groups -OCH3 is 1. The van der Waals surface area contributed by atoms with E-state index in [1.807, 2.05) is 6.92 Å². The van der Waals surface area contributed by atoms with E-state index in [9.17, 15) is 9.59 Å². The average molecular weight is 453 g/mol. The van der Waals surface area contributed by atoms with Crippen LogP contribution in [-0.2, 0) is 16.6 Å². The fourth-order valence-electron chi connectivity index (χ4n) is 3.66. The topological polar surface area (TPSA) is 99.2 Å². The zero-order valence-corrected chi connectivity index (χ0v) is 18.5. The fourth-order valence-corrected chi connectivity index (χ4v) is 3.92. The predicted molar refractivity (Wildman–Crippen MR) is 119 cm³/mol. The van der Waals surface area contributed by atoms with E-state index in [2.05, 4.69) is 15.4 Å². The van der Waals surface area contributed by atoms with Gasteiger partial charge in [-0.3, -0.25) is 14.3 Å². The lowest BCUT2D eigenvalue weighted by atomic mass is 10.0. The van der Waals surface area contributed by atoms with Gasteiger partial charge in [-0.1, -0.05) is 29.8 Å². The zero-order valence-electron chi connectivity index (χ0n) is 17.8. The molecule has 3 aromatic heterocycles. The summed E-state index contributed by atoms with van der Waals surface area (Å²) < 4.78 is 11.9. The average Bonchev–Trinajstić information content (AvgIpc) is 3.41. The van der Waals surface area contributed by atoms with E-state index < -0.39 is 17.9 Å². The Balaban J connectivity index is 1.79. The number of hydrogen-bond acceptors (Lipinski definition) is 6. The van der Waals surface area contributed by atoms with E-state index >= 15 is 0 Å². The highest BCUT2D eigenvalue weighted by Crippen LogP contribution is 2.29. The van der Waals surface area contributed by atoms with E-state index in [1.54, 1.807) is 60.5 Å². The molecule has 4 aromatic rings. The number of pyridine rings is 1. The van der Waals surface area contributed by atoms with Gasteiger partial charge in [-0.25, -0.2) is 4.98 Å². The van der Waals surface area contributed by atoms with Crippen molar-refractivity contribution in [2.45, 2.75) is 19.4 Å². The van der Waals surface area contributed by atoms with Gasteiger partial charge >= 0.3 is 5.97 Å². The van der Waals surface area contributed by atoms with Gasteiger partial charge in [-0.15, -0.1) is 0 Å². The van der Waals surface area contributed by atoms with Gasteiger partial charge in [0.05, 0.1) is 42.5 Å². The summed E-state index contributed by atoms with van der Waals surface area (Å²) in [6.07, 6.45) is 1.47. The molecule has 3 heterocycles. The van der Waals surface area contributed by atoms with Crippen LogP contribution in [0.4, 0.5) is 0 Å². The number of aromatic nitrogens is 3. The van der Waals surface area contributed by atoms with Gasteiger partial charge in [0.1, 0.15) is 5.69 Å². The van der Waals surface area contributed by atoms with Gasteiger partial charge in [0, 0.05) is 12.1 Å². The van der Waals surface area contributed by atoms with Crippen molar-refractivity contribution in [3.05, 3.63) is 70.6 Å². The Labute approximate surface area is 189 Å². The minimum atomic E-state index is -0.684. The molecule has 0 aliphatic rings. The van der Waals surface area contributed by atoms with Crippen LogP contribution in [0.5, 0.6) is 0 Å². The molecule has 1 atom stereocenters. The van der Waals surface area contributed by atoms with E-state index in [0.717, 1.165) is 0 Å². The van der Waals surface area contributed by atoms with Crippen LogP contribution >= 0.6 is 11.6 Å². The number of esters is 1. The molecule has 9 heteroatoms. The number of ether oxygens (including phenoxy) is 1. The van der Waals surface area contributed by atoms with Crippen LogP contribution in [-0.4, -0.2) is 33.8 Å². The molecular weight excluding hydrogens is 432 g/mol. The molecule has 1 aromatic carbocycles. The van der Waals surface area contributed by atoms with E-state index in [-0.39, 0.29) is 6.42 Å². The van der Waals surface area contributed by atoms with Crippen LogP contribution in [0.25, 0.3) is 22.5 Å². The highest BCUT2D eigenvalue weighted by molar-refractivity contribution is 6.31. The van der Waals surface area contributed by atoms with Crippen molar-refractivity contribution < 1.29 is 18.7 Å². The lowest BCUT2D eigenvalue weighted by Gasteiger charge is -2.20. The van der Waals surface area contributed by atoms with Crippen LogP contribution in [0, 0.1) is 6.92 Å². The highest BCUT2D eigenvalue weighted by atomic mass is 35.5. The molecular formula is C23H21ClN4O4. The summed E-state index contributed by atoms with van der Waals surface area (Å²) in [6.45, 7) is 1.81. The standard InChI is InChI=1S/C23H21ClN4O4/c1-13-21-15(11-18(19-9-6-10-32-19)25-22(21)28(2)27-13)23(30)26-17(12-20(29)31-3)14-7-4-5-8-16(14)24/h4-11,17H,12H2,1-3H3,(H,26,30). The Bertz CT molecular complexity index is 1300. The number of nitrogens with zero attached hydrogens (tertiary/aromatic N) is 3. The molecule has 1 amide bonds. The number of benzene rings is 1. The Kier molecular flexibility index (Phi) is 5.96. The van der Waals surface area contributed by atoms with E-state index in [4.69, 9.17) is 20.8 Å². The Morgan fingerprint density at radius 1 is 1.25 bits per heavy atom. The van der Waals surface area contributed by atoms with Crippen LogP contribution in [0.2, 0.25) is 5.02 Å². The van der Waals surface area contributed by atoms with Gasteiger partial charge in [-0.2, -0.15) is 5.10 Å². The first kappa shape index (κ1) is 21.6. The third-order valence-corrected chi connectivity index (χ3v) is 5.52. The summed E-state index contributed by atoms with van der Waals surface area (Å²) >= 11 is 6.35. The van der Waals surface area contributed by atoms with Crippen molar-refractivity contribution in [1.29, 1.82) is 0 Å². The predicted octanol–water partition coefficient (Wildman–Crippen LogP) is 4.22. The SMILES string of the molecule is COC(=O)CC(NC(=O)c1cc(-c2ccco2)nc2c1c(C)nn2C)c1ccccc1Cl. The molecule has 0 radical (unpaired) electrons. The second kappa shape index (κ2) is 8.84. The number of fused-ring (bicyclic) bond motifs is 1. The lowest BCUT2D eigenvalue weighted by Crippen LogP contribution is -2.31. The number of hydrogen-bond donors (Lipinski definition) is 1. The maximum Gasteiger partial charge on any atom is 0.307 e. The number of halogens is 1. The molecule has 1 N–H and O–H groups in total. The van der Waals surface area contributed by atoms with Crippen molar-refractivity contribution in [1.82, 2.24) is 20.1 Å². The summed E-state index contributed by atoms with van der Waals surface area (Å²) in [4.78, 5) is 30.2. The molecule has 0 saturated carbocycles. The smallest absolute Gasteiger partial charge is 0.307 e. The summed E-state index contributed by atoms with van der Waals surface area (Å²) in [6, 6.07) is 11.5. The Morgan fingerprint density at radius 3 is 2.72 bits per heavy atom. The van der Waals surface area contributed by atoms with E-state index in [1.165, 1.54) is 7.11 Å². The molecule has 164 valence electrons. The molecule has 0 bridgehead atoms. The van der Waals surface area contributed by atoms with Gasteiger partial charge in [-0.05, 0) is 36.8 Å². The number of furan rings is 1. The van der Waals surface area contributed by atoms with Crippen molar-refractivity contribution >= 4 is 34.5 Å². The summed E-state index contributed by atoms with van der Waals surface area (Å²) in [7, 11) is 3.06. The number of nitrogens with one attached hydrogen (secondary N) is 1. The first-order valence-electron chi connectivity index (χ1n) is 9.89. The minimum absolute atomic E-state index is 0.0722. The third-order valence-electron chi connectivity index (χ3n) is 5.17. The molecule has 0 aliphatic carbocycles. The van der Waals surface area contributed by atoms with E-state index in [0.29, 0.717) is 44.3 Å². The van der Waals surface area contributed by atoms with Crippen molar-refractivity contribution in [3.63, 3.8) is 0 Å². The molecule has 8 nitrogen and oxygen atoms in total. The molecule has 32 heavy (non-hydrogen) atoms. The molecule has 0 aliphatic heterocycles. The Hall–Kier alpha value is -3.65. The maximum atomic E-state index is 13.5. The fraction of sp³-hybridized carbons (Fsp3) is 0.217. The zero-order chi connectivity index (χ0) is 22.8. The van der Waals surface area contributed by atoms with Crippen molar-refractivity contribution in [2.75, 3.05) is 7.11 Å². The highest BCUT2D eigenvalue weighted by Gasteiger charge is 2.25. The maximum absolute atomic E-state index is 13.5. The number of rotatable bonds is 6. The van der Waals surface area contributed by atoms with Gasteiger partial charge in [0.2, 0.25) is 0 Å². The number of aryl methyl sites for hydroxylation is 2. The molecule has 0 fully saturated rings. The molecule has 0 spiro atoms. The lowest BCUT2D eigenvalue weighted by molar-refractivity contribution is -0.141. The largest absolute Gasteiger partial charge is 0.469 e. The van der Waals surface area contributed by atoms with Gasteiger partial charge < -0.3 is 14.5 Å². The monoisotopic (exact) mass is 452 g/mol. The number of carbonyl (C=O) groups is 2. The summed E-state index contributed by atoms with van der Waals surface area (Å²) in [5.74, 6) is -0.337. The third kappa shape index (κ3) is 4.09. The van der Waals surface area contributed by atoms with Crippen LogP contribution in [0.3, 0.4) is 0 Å². The minimum Gasteiger partial charge on any atom is -0.469 e. The Morgan fingerprint density at radius 2 is 2.03 bits per heavy atom. The number of carbonyl (C=O) groups excluding carboxylic acids is 2. The molecule has 0 saturated heterocycles. The normalized spacial score (nSPS) is 12.0. The molecule has 4 rings (SSSR count). The first-order valence-corrected chi connectivity index (χ1v) is 10.3. The second-order valence-corrected chi connectivity index (χ2v) is 7.67. The van der Waals surface area contributed by atoms with Crippen LogP contribution in [0.1, 0.15) is 34.1 Å². The van der Waals surface area contributed by atoms with Crippen molar-refractivity contribution in [3.8, 4) is 11.5 Å².